The predicted octanol–water partition coefficient (Wildman–Crippen LogP) is 3.59. The van der Waals surface area contributed by atoms with Crippen molar-refractivity contribution in [2.24, 2.45) is 0 Å². The predicted molar refractivity (Wildman–Crippen MR) is 78.7 cm³/mol. The van der Waals surface area contributed by atoms with Crippen molar-refractivity contribution in [2.75, 3.05) is 18.9 Å². The van der Waals surface area contributed by atoms with Crippen LogP contribution in [0.1, 0.15) is 11.5 Å². The fraction of sp³-hybridized carbons (Fsp3) is 0.200. The van der Waals surface area contributed by atoms with Gasteiger partial charge in [0, 0.05) is 11.3 Å². The molecule has 3 nitrogen and oxygen atoms in total. The normalized spacial score (nSPS) is 16.8. The summed E-state index contributed by atoms with van der Waals surface area (Å²) >= 11 is 3.44. The van der Waals surface area contributed by atoms with E-state index in [1.165, 1.54) is 5.56 Å². The summed E-state index contributed by atoms with van der Waals surface area (Å²) in [4.78, 5) is 0. The lowest BCUT2D eigenvalue weighted by atomic mass is 10.0. The number of nitrogens with two attached hydrogens (primary N) is 1. The molecule has 0 saturated carbocycles. The summed E-state index contributed by atoms with van der Waals surface area (Å²) in [6, 6.07) is 13.7. The Hall–Kier alpha value is -1.68. The van der Waals surface area contributed by atoms with E-state index in [1.54, 1.807) is 0 Å². The Morgan fingerprint density at radius 1 is 1.21 bits per heavy atom. The molecule has 0 saturated heterocycles. The smallest absolute Gasteiger partial charge is 0.135 e. The van der Waals surface area contributed by atoms with Crippen LogP contribution < -0.4 is 15.2 Å². The number of fused-ring (bicyclic) bond motifs is 1. The van der Waals surface area contributed by atoms with Crippen molar-refractivity contribution in [3.05, 3.63) is 52.5 Å². The Balaban J connectivity index is 1.73. The van der Waals surface area contributed by atoms with E-state index in [9.17, 15) is 0 Å². The van der Waals surface area contributed by atoms with Gasteiger partial charge in [0.25, 0.3) is 0 Å². The van der Waals surface area contributed by atoms with E-state index in [1.807, 2.05) is 36.4 Å². The fourth-order valence-electron chi connectivity index (χ4n) is 2.20. The molecular weight excluding hydrogens is 306 g/mol. The summed E-state index contributed by atoms with van der Waals surface area (Å²) < 4.78 is 12.3. The van der Waals surface area contributed by atoms with Gasteiger partial charge in [0.15, 0.2) is 0 Å². The summed E-state index contributed by atoms with van der Waals surface area (Å²) in [5.41, 5.74) is 7.72. The molecule has 2 N–H and O–H groups in total. The molecular formula is C15H14BrNO2. The van der Waals surface area contributed by atoms with E-state index >= 15 is 0 Å². The first kappa shape index (κ1) is 12.4. The van der Waals surface area contributed by atoms with Crippen molar-refractivity contribution in [3.8, 4) is 11.5 Å². The first-order chi connectivity index (χ1) is 9.25. The van der Waals surface area contributed by atoms with Gasteiger partial charge < -0.3 is 15.2 Å². The molecule has 0 aliphatic carbocycles. The molecule has 0 amide bonds. The average molecular weight is 320 g/mol. The molecule has 2 aromatic carbocycles. The number of halogens is 1. The summed E-state index contributed by atoms with van der Waals surface area (Å²) in [5, 5.41) is 0. The van der Waals surface area contributed by atoms with Crippen LogP contribution in [0, 0.1) is 0 Å². The van der Waals surface area contributed by atoms with Crippen LogP contribution in [0.5, 0.6) is 11.5 Å². The lowest BCUT2D eigenvalue weighted by molar-refractivity contribution is 0.247. The van der Waals surface area contributed by atoms with Gasteiger partial charge in [-0.2, -0.15) is 0 Å². The van der Waals surface area contributed by atoms with E-state index in [0.717, 1.165) is 16.0 Å². The molecule has 0 spiro atoms. The van der Waals surface area contributed by atoms with Gasteiger partial charge in [0.2, 0.25) is 0 Å². The van der Waals surface area contributed by atoms with E-state index in [0.29, 0.717) is 18.9 Å². The molecule has 1 atom stereocenters. The lowest BCUT2D eigenvalue weighted by Gasteiger charge is -2.13. The van der Waals surface area contributed by atoms with Crippen LogP contribution in [0.25, 0.3) is 0 Å². The van der Waals surface area contributed by atoms with Crippen LogP contribution in [0.3, 0.4) is 0 Å². The second kappa shape index (κ2) is 5.13. The van der Waals surface area contributed by atoms with Gasteiger partial charge in [-0.15, -0.1) is 0 Å². The number of para-hydroxylation sites is 1. The first-order valence-corrected chi connectivity index (χ1v) is 6.93. The fourth-order valence-corrected chi connectivity index (χ4v) is 2.58. The molecule has 0 aromatic heterocycles. The van der Waals surface area contributed by atoms with Gasteiger partial charge in [0.05, 0.1) is 23.6 Å². The molecule has 1 heterocycles. The highest BCUT2D eigenvalue weighted by Gasteiger charge is 2.24. The van der Waals surface area contributed by atoms with Crippen LogP contribution >= 0.6 is 15.9 Å². The largest absolute Gasteiger partial charge is 0.493 e. The van der Waals surface area contributed by atoms with Crippen molar-refractivity contribution in [1.29, 1.82) is 0 Å². The number of anilines is 1. The van der Waals surface area contributed by atoms with Gasteiger partial charge in [0.1, 0.15) is 11.5 Å². The van der Waals surface area contributed by atoms with Gasteiger partial charge in [-0.3, -0.25) is 0 Å². The molecule has 1 aliphatic rings. The monoisotopic (exact) mass is 319 g/mol. The summed E-state index contributed by atoms with van der Waals surface area (Å²) in [6.07, 6.45) is 0. The molecule has 19 heavy (non-hydrogen) atoms. The van der Waals surface area contributed by atoms with Crippen LogP contribution in [0.15, 0.2) is 46.9 Å². The van der Waals surface area contributed by atoms with Gasteiger partial charge in [-0.1, -0.05) is 24.3 Å². The molecule has 98 valence electrons. The van der Waals surface area contributed by atoms with Gasteiger partial charge in [-0.25, -0.2) is 0 Å². The zero-order valence-corrected chi connectivity index (χ0v) is 11.9. The van der Waals surface area contributed by atoms with Crippen LogP contribution in [0.2, 0.25) is 0 Å². The Bertz CT molecular complexity index is 600. The molecule has 0 radical (unpaired) electrons. The van der Waals surface area contributed by atoms with Crippen LogP contribution in [-0.2, 0) is 0 Å². The second-order valence-electron chi connectivity index (χ2n) is 4.52. The Labute approximate surface area is 120 Å². The standard InChI is InChI=1S/C15H14BrNO2/c16-15-12(17)5-3-7-14(15)19-9-10-8-18-13-6-2-1-4-11(10)13/h1-7,10H,8-9,17H2. The molecule has 4 heteroatoms. The third-order valence-electron chi connectivity index (χ3n) is 3.23. The van der Waals surface area contributed by atoms with E-state index in [-0.39, 0.29) is 5.92 Å². The van der Waals surface area contributed by atoms with E-state index in [2.05, 4.69) is 22.0 Å². The lowest BCUT2D eigenvalue weighted by Crippen LogP contribution is -2.12. The minimum Gasteiger partial charge on any atom is -0.493 e. The maximum absolute atomic E-state index is 5.85. The number of hydrogen-bond donors (Lipinski definition) is 1. The molecule has 1 unspecified atom stereocenters. The number of ether oxygens (including phenoxy) is 2. The van der Waals surface area contributed by atoms with Crippen LogP contribution in [-0.4, -0.2) is 13.2 Å². The maximum Gasteiger partial charge on any atom is 0.135 e. The highest BCUT2D eigenvalue weighted by atomic mass is 79.9. The molecule has 0 bridgehead atoms. The Morgan fingerprint density at radius 3 is 2.95 bits per heavy atom. The SMILES string of the molecule is Nc1cccc(OCC2COc3ccccc32)c1Br. The van der Waals surface area contributed by atoms with Crippen molar-refractivity contribution < 1.29 is 9.47 Å². The molecule has 1 aliphatic heterocycles. The quantitative estimate of drug-likeness (QED) is 0.879. The number of benzene rings is 2. The Morgan fingerprint density at radius 2 is 2.05 bits per heavy atom. The van der Waals surface area contributed by atoms with Gasteiger partial charge in [-0.05, 0) is 34.1 Å². The zero-order valence-electron chi connectivity index (χ0n) is 10.3. The van der Waals surface area contributed by atoms with Gasteiger partial charge >= 0.3 is 0 Å². The topological polar surface area (TPSA) is 44.5 Å². The third kappa shape index (κ3) is 2.40. The summed E-state index contributed by atoms with van der Waals surface area (Å²) in [6.45, 7) is 1.25. The van der Waals surface area contributed by atoms with Crippen molar-refractivity contribution in [3.63, 3.8) is 0 Å². The second-order valence-corrected chi connectivity index (χ2v) is 5.31. The molecule has 0 fully saturated rings. The summed E-state index contributed by atoms with van der Waals surface area (Å²) in [7, 11) is 0. The minimum atomic E-state index is 0.268. The van der Waals surface area contributed by atoms with Crippen molar-refractivity contribution in [2.45, 2.75) is 5.92 Å². The number of hydrogen-bond acceptors (Lipinski definition) is 3. The van der Waals surface area contributed by atoms with Crippen molar-refractivity contribution in [1.82, 2.24) is 0 Å². The number of rotatable bonds is 3. The average Bonchev–Trinajstić information content (AvgIpc) is 2.84. The van der Waals surface area contributed by atoms with E-state index in [4.69, 9.17) is 15.2 Å². The highest BCUT2D eigenvalue weighted by Crippen LogP contribution is 2.35. The summed E-state index contributed by atoms with van der Waals surface area (Å²) in [5.74, 6) is 2.00. The zero-order chi connectivity index (χ0) is 13.2. The van der Waals surface area contributed by atoms with Crippen LogP contribution in [0.4, 0.5) is 5.69 Å². The highest BCUT2D eigenvalue weighted by molar-refractivity contribution is 9.10. The Kier molecular flexibility index (Phi) is 3.34. The minimum absolute atomic E-state index is 0.268. The maximum atomic E-state index is 5.85. The first-order valence-electron chi connectivity index (χ1n) is 6.14. The molecule has 3 rings (SSSR count). The van der Waals surface area contributed by atoms with Crippen molar-refractivity contribution >= 4 is 21.6 Å². The van der Waals surface area contributed by atoms with E-state index < -0.39 is 0 Å². The number of nitrogen functional groups attached to an aromatic ring is 1. The third-order valence-corrected chi connectivity index (χ3v) is 4.08. The molecule has 2 aromatic rings.